The van der Waals surface area contributed by atoms with E-state index in [9.17, 15) is 43.2 Å². The van der Waals surface area contributed by atoms with E-state index in [1.165, 1.54) is 173 Å². The van der Waals surface area contributed by atoms with Crippen LogP contribution in [0.5, 0.6) is 0 Å². The molecule has 0 aliphatic heterocycles. The van der Waals surface area contributed by atoms with Crippen molar-refractivity contribution in [2.75, 3.05) is 39.6 Å². The van der Waals surface area contributed by atoms with Gasteiger partial charge >= 0.3 is 39.5 Å². The van der Waals surface area contributed by atoms with Gasteiger partial charge in [0.2, 0.25) is 0 Å². The van der Waals surface area contributed by atoms with Gasteiger partial charge in [-0.2, -0.15) is 0 Å². The monoisotopic (exact) mass is 1430 g/mol. The summed E-state index contributed by atoms with van der Waals surface area (Å²) in [5, 5.41) is 10.6. The lowest BCUT2D eigenvalue weighted by atomic mass is 9.99. The summed E-state index contributed by atoms with van der Waals surface area (Å²) >= 11 is 0. The zero-order valence-corrected chi connectivity index (χ0v) is 65.5. The van der Waals surface area contributed by atoms with Crippen molar-refractivity contribution in [2.24, 2.45) is 17.8 Å². The molecule has 0 radical (unpaired) electrons. The van der Waals surface area contributed by atoms with E-state index in [-0.39, 0.29) is 25.7 Å². The third-order valence-corrected chi connectivity index (χ3v) is 20.0. The number of phosphoric acid groups is 2. The Balaban J connectivity index is 5.27. The number of unbranched alkanes of at least 4 members (excludes halogenated alkanes) is 39. The molecule has 0 heterocycles. The number of phosphoric ester groups is 2. The van der Waals surface area contributed by atoms with Crippen molar-refractivity contribution in [2.45, 2.75) is 401 Å². The molecule has 3 unspecified atom stereocenters. The zero-order valence-electron chi connectivity index (χ0n) is 63.7. The van der Waals surface area contributed by atoms with Gasteiger partial charge in [0.1, 0.15) is 19.3 Å². The Morgan fingerprint density at radius 2 is 0.602 bits per heavy atom. The molecule has 0 saturated carbocycles. The Kier molecular flexibility index (Phi) is 67.2. The van der Waals surface area contributed by atoms with Crippen LogP contribution in [-0.2, 0) is 65.4 Å². The van der Waals surface area contributed by atoms with Crippen LogP contribution >= 0.6 is 15.6 Å². The maximum Gasteiger partial charge on any atom is 0.472 e. The molecule has 0 spiro atoms. The van der Waals surface area contributed by atoms with Gasteiger partial charge in [-0.25, -0.2) is 9.13 Å². The molecule has 0 saturated heterocycles. The Hall–Kier alpha value is -2.46. The highest BCUT2D eigenvalue weighted by Gasteiger charge is 2.30. The van der Waals surface area contributed by atoms with Crippen molar-refractivity contribution in [3.8, 4) is 0 Å². The first kappa shape index (κ1) is 95.5. The predicted octanol–water partition coefficient (Wildman–Crippen LogP) is 22.9. The fourth-order valence-electron chi connectivity index (χ4n) is 11.6. The molecule has 0 aliphatic carbocycles. The number of rotatable bonds is 75. The van der Waals surface area contributed by atoms with E-state index < -0.39 is 97.5 Å². The number of ether oxygens (including phenoxy) is 4. The van der Waals surface area contributed by atoms with Crippen LogP contribution in [0.3, 0.4) is 0 Å². The molecular formula is C79H150O17P2. The minimum atomic E-state index is -4.97. The number of allylic oxidation sites excluding steroid dienone is 4. The lowest BCUT2D eigenvalue weighted by Gasteiger charge is -2.21. The zero-order chi connectivity index (χ0) is 72.3. The molecule has 3 N–H and O–H groups in total. The lowest BCUT2D eigenvalue weighted by Crippen LogP contribution is -2.30. The molecule has 0 aromatic carbocycles. The highest BCUT2D eigenvalue weighted by Crippen LogP contribution is 2.45. The number of esters is 4. The summed E-state index contributed by atoms with van der Waals surface area (Å²) in [4.78, 5) is 72.9. The summed E-state index contributed by atoms with van der Waals surface area (Å²) in [6.07, 6.45) is 59.1. The number of aliphatic hydroxyl groups is 1. The van der Waals surface area contributed by atoms with Crippen molar-refractivity contribution in [1.29, 1.82) is 0 Å². The smallest absolute Gasteiger partial charge is 0.462 e. The van der Waals surface area contributed by atoms with Crippen LogP contribution in [0.15, 0.2) is 24.3 Å². The van der Waals surface area contributed by atoms with Crippen molar-refractivity contribution >= 4 is 39.5 Å². The third kappa shape index (κ3) is 70.6. The summed E-state index contributed by atoms with van der Waals surface area (Å²) in [5.41, 5.74) is 0. The minimum absolute atomic E-state index is 0.0838. The normalized spacial score (nSPS) is 14.4. The first-order valence-corrected chi connectivity index (χ1v) is 43.2. The van der Waals surface area contributed by atoms with Crippen LogP contribution in [0.4, 0.5) is 0 Å². The number of hydrogen-bond donors (Lipinski definition) is 3. The molecule has 0 bridgehead atoms. The number of carbonyl (C=O) groups is 4. The molecule has 0 rings (SSSR count). The lowest BCUT2D eigenvalue weighted by molar-refractivity contribution is -0.161. The summed E-state index contributed by atoms with van der Waals surface area (Å²) < 4.78 is 68.6. The van der Waals surface area contributed by atoms with Crippen molar-refractivity contribution in [3.63, 3.8) is 0 Å². The Morgan fingerprint density at radius 3 is 0.908 bits per heavy atom. The number of aliphatic hydroxyl groups excluding tert-OH is 1. The van der Waals surface area contributed by atoms with Gasteiger partial charge in [0.15, 0.2) is 12.2 Å². The van der Waals surface area contributed by atoms with E-state index in [2.05, 4.69) is 72.8 Å². The quantitative estimate of drug-likeness (QED) is 0.0169. The Morgan fingerprint density at radius 1 is 0.337 bits per heavy atom. The fourth-order valence-corrected chi connectivity index (χ4v) is 13.1. The number of carbonyl (C=O) groups excluding carboxylic acids is 4. The van der Waals surface area contributed by atoms with Crippen molar-refractivity contribution in [1.82, 2.24) is 0 Å². The van der Waals surface area contributed by atoms with Gasteiger partial charge in [0, 0.05) is 25.7 Å². The Bertz CT molecular complexity index is 2000. The van der Waals surface area contributed by atoms with E-state index in [0.29, 0.717) is 31.6 Å². The van der Waals surface area contributed by atoms with Gasteiger partial charge in [-0.15, -0.1) is 0 Å². The average molecular weight is 1430 g/mol. The van der Waals surface area contributed by atoms with Crippen LogP contribution in [-0.4, -0.2) is 96.7 Å². The fraction of sp³-hybridized carbons (Fsp3) is 0.899. The SMILES string of the molecule is CCCCCC/C=C\C=C/CCCCCCCC(=O)O[C@H](COC(=O)CCCCCCCCC(C)C)COP(=O)(O)OC[C@H](O)COP(=O)(O)OC[C@@H](COC(=O)CCCCCCCCCCCCCCCC(C)C)OC(=O)CCCCCCCCCCCCCCCCC(C)CC. The largest absolute Gasteiger partial charge is 0.472 e. The average Bonchev–Trinajstić information content (AvgIpc) is 1.16. The van der Waals surface area contributed by atoms with Crippen LogP contribution in [0.2, 0.25) is 0 Å². The predicted molar refractivity (Wildman–Crippen MR) is 400 cm³/mol. The van der Waals surface area contributed by atoms with Gasteiger partial charge in [0.05, 0.1) is 26.4 Å². The first-order chi connectivity index (χ1) is 47.3. The van der Waals surface area contributed by atoms with Crippen molar-refractivity contribution in [3.05, 3.63) is 24.3 Å². The van der Waals surface area contributed by atoms with Gasteiger partial charge in [-0.3, -0.25) is 37.3 Å². The summed E-state index contributed by atoms with van der Waals surface area (Å²) in [7, 11) is -9.93. The molecule has 98 heavy (non-hydrogen) atoms. The highest BCUT2D eigenvalue weighted by molar-refractivity contribution is 7.47. The first-order valence-electron chi connectivity index (χ1n) is 40.2. The van der Waals surface area contributed by atoms with Crippen LogP contribution < -0.4 is 0 Å². The molecule has 0 aliphatic rings. The topological polar surface area (TPSA) is 237 Å². The summed E-state index contributed by atoms with van der Waals surface area (Å²) in [5.74, 6) is 0.164. The molecule has 19 heteroatoms. The second-order valence-electron chi connectivity index (χ2n) is 29.0. The summed E-state index contributed by atoms with van der Waals surface area (Å²) in [6.45, 7) is 11.8. The molecule has 0 aromatic rings. The van der Waals surface area contributed by atoms with Crippen molar-refractivity contribution < 1.29 is 80.2 Å². The van der Waals surface area contributed by atoms with E-state index in [1.807, 2.05) is 0 Å². The molecule has 0 fully saturated rings. The van der Waals surface area contributed by atoms with Crippen LogP contribution in [0.1, 0.15) is 382 Å². The van der Waals surface area contributed by atoms with Crippen LogP contribution in [0, 0.1) is 17.8 Å². The second kappa shape index (κ2) is 68.9. The molecule has 17 nitrogen and oxygen atoms in total. The van der Waals surface area contributed by atoms with E-state index >= 15 is 0 Å². The molecule has 0 amide bonds. The Labute approximate surface area is 599 Å². The molecule has 578 valence electrons. The molecular weight excluding hydrogens is 1280 g/mol. The maximum atomic E-state index is 13.1. The molecule has 0 aromatic heterocycles. The van der Waals surface area contributed by atoms with Gasteiger partial charge in [-0.1, -0.05) is 330 Å². The maximum absolute atomic E-state index is 13.1. The summed E-state index contributed by atoms with van der Waals surface area (Å²) in [6, 6.07) is 0. The molecule has 6 atom stereocenters. The third-order valence-electron chi connectivity index (χ3n) is 18.1. The number of hydrogen-bond acceptors (Lipinski definition) is 15. The van der Waals surface area contributed by atoms with E-state index in [1.54, 1.807) is 0 Å². The van der Waals surface area contributed by atoms with Gasteiger partial charge in [-0.05, 0) is 69.1 Å². The minimum Gasteiger partial charge on any atom is -0.462 e. The second-order valence-corrected chi connectivity index (χ2v) is 31.9. The van der Waals surface area contributed by atoms with Gasteiger partial charge < -0.3 is 33.8 Å². The standard InChI is InChI=1S/C79H150O17P2/c1-8-10-11-12-13-14-15-16-17-23-29-34-39-48-55-63-79(84)96-75(67-90-77(82)61-54-47-42-41-44-51-58-71(5)6)69-94-98(87,88)92-65-73(80)64-91-97(85,86)93-68-74(66-89-76(81)60-53-46-38-33-28-25-20-21-26-31-36-43-50-57-70(3)4)95-78(83)62-56-49-40-35-30-24-19-18-22-27-32-37-45-52-59-72(7)9-2/h14-17,70-75,80H,8-13,18-69H2,1-7H3,(H,85,86)(H,87,88)/b15-14-,17-16-/t72?,73-,74-,75-/m1/s1. The van der Waals surface area contributed by atoms with Crippen LogP contribution in [0.25, 0.3) is 0 Å². The van der Waals surface area contributed by atoms with E-state index in [4.69, 9.17) is 37.0 Å². The van der Waals surface area contributed by atoms with E-state index in [0.717, 1.165) is 121 Å². The highest BCUT2D eigenvalue weighted by atomic mass is 31.2. The van der Waals surface area contributed by atoms with Gasteiger partial charge in [0.25, 0.3) is 0 Å².